The summed E-state index contributed by atoms with van der Waals surface area (Å²) in [5, 5.41) is 21.4. The Morgan fingerprint density at radius 3 is 3.12 bits per heavy atom. The van der Waals surface area contributed by atoms with E-state index < -0.39 is 10.8 Å². The number of nitrogens with one attached hydrogen (secondary N) is 2. The summed E-state index contributed by atoms with van der Waals surface area (Å²) in [7, 11) is 0. The molecule has 0 saturated heterocycles. The van der Waals surface area contributed by atoms with Crippen molar-refractivity contribution < 1.29 is 9.72 Å². The van der Waals surface area contributed by atoms with Crippen molar-refractivity contribution >= 4 is 39.0 Å². The van der Waals surface area contributed by atoms with Crippen LogP contribution < -0.4 is 5.32 Å². The Morgan fingerprint density at radius 2 is 2.35 bits per heavy atom. The Morgan fingerprint density at radius 1 is 1.50 bits per heavy atom. The first-order valence-corrected chi connectivity index (χ1v) is 9.01. The van der Waals surface area contributed by atoms with Crippen LogP contribution in [0.15, 0.2) is 18.2 Å². The SMILES string of the molecule is CCN1CCc2nc(NC(=O)c3n[nH]c4ccc([N+](=O)[O-])cc34)sc2C1. The third-order valence-corrected chi connectivity index (χ3v) is 5.45. The molecule has 1 aromatic carbocycles. The van der Waals surface area contributed by atoms with Crippen molar-refractivity contribution in [3.63, 3.8) is 0 Å². The molecule has 0 aliphatic carbocycles. The van der Waals surface area contributed by atoms with Crippen LogP contribution in [0.1, 0.15) is 28.0 Å². The van der Waals surface area contributed by atoms with E-state index in [-0.39, 0.29) is 11.4 Å². The number of nitro benzene ring substituents is 1. The van der Waals surface area contributed by atoms with Crippen molar-refractivity contribution in [2.24, 2.45) is 0 Å². The van der Waals surface area contributed by atoms with Gasteiger partial charge in [0.2, 0.25) is 0 Å². The van der Waals surface area contributed by atoms with Gasteiger partial charge in [-0.05, 0) is 12.6 Å². The first-order chi connectivity index (χ1) is 12.5. The van der Waals surface area contributed by atoms with Gasteiger partial charge in [0.1, 0.15) is 0 Å². The summed E-state index contributed by atoms with van der Waals surface area (Å²) in [4.78, 5) is 31.1. The summed E-state index contributed by atoms with van der Waals surface area (Å²) in [5.74, 6) is -0.435. The van der Waals surface area contributed by atoms with Gasteiger partial charge in [0.15, 0.2) is 10.8 Å². The van der Waals surface area contributed by atoms with Gasteiger partial charge in [-0.3, -0.25) is 30.2 Å². The molecule has 0 bridgehead atoms. The number of rotatable bonds is 4. The largest absolute Gasteiger partial charge is 0.298 e. The lowest BCUT2D eigenvalue weighted by molar-refractivity contribution is -0.384. The third kappa shape index (κ3) is 2.93. The minimum Gasteiger partial charge on any atom is -0.298 e. The van der Waals surface area contributed by atoms with Crippen LogP contribution in [-0.4, -0.2) is 44.0 Å². The van der Waals surface area contributed by atoms with E-state index in [9.17, 15) is 14.9 Å². The molecule has 134 valence electrons. The number of likely N-dealkylation sites (N-methyl/N-ethyl adjacent to an activating group) is 1. The molecular weight excluding hydrogens is 356 g/mol. The highest BCUT2D eigenvalue weighted by Gasteiger charge is 2.22. The fourth-order valence-electron chi connectivity index (χ4n) is 3.02. The minimum absolute atomic E-state index is 0.0858. The van der Waals surface area contributed by atoms with Crippen LogP contribution in [0.5, 0.6) is 0 Å². The Hall–Kier alpha value is -2.85. The molecule has 1 aliphatic heterocycles. The number of carbonyl (C=O) groups is 1. The molecule has 0 saturated carbocycles. The summed E-state index contributed by atoms with van der Waals surface area (Å²) in [6.45, 7) is 4.92. The smallest absolute Gasteiger partial charge is 0.278 e. The number of fused-ring (bicyclic) bond motifs is 2. The number of nitro groups is 1. The van der Waals surface area contributed by atoms with Gasteiger partial charge in [-0.2, -0.15) is 5.10 Å². The van der Waals surface area contributed by atoms with Crippen LogP contribution in [0.3, 0.4) is 0 Å². The molecule has 3 aromatic rings. The number of hydrogen-bond acceptors (Lipinski definition) is 7. The van der Waals surface area contributed by atoms with Gasteiger partial charge in [-0.15, -0.1) is 11.3 Å². The van der Waals surface area contributed by atoms with Crippen molar-refractivity contribution in [3.8, 4) is 0 Å². The maximum Gasteiger partial charge on any atom is 0.278 e. The monoisotopic (exact) mass is 372 g/mol. The van der Waals surface area contributed by atoms with Crippen molar-refractivity contribution in [1.29, 1.82) is 0 Å². The lowest BCUT2D eigenvalue weighted by atomic mass is 10.2. The Bertz CT molecular complexity index is 1010. The average Bonchev–Trinajstić information content (AvgIpc) is 3.23. The van der Waals surface area contributed by atoms with Gasteiger partial charge in [-0.1, -0.05) is 6.92 Å². The topological polar surface area (TPSA) is 117 Å². The van der Waals surface area contributed by atoms with Gasteiger partial charge in [-0.25, -0.2) is 4.98 Å². The van der Waals surface area contributed by atoms with Crippen molar-refractivity contribution in [2.45, 2.75) is 19.9 Å². The van der Waals surface area contributed by atoms with Crippen molar-refractivity contribution in [2.75, 3.05) is 18.4 Å². The first-order valence-electron chi connectivity index (χ1n) is 8.20. The second-order valence-electron chi connectivity index (χ2n) is 6.02. The molecule has 3 heterocycles. The molecule has 2 aromatic heterocycles. The molecule has 26 heavy (non-hydrogen) atoms. The van der Waals surface area contributed by atoms with E-state index in [1.807, 2.05) is 0 Å². The molecule has 0 spiro atoms. The van der Waals surface area contributed by atoms with E-state index in [4.69, 9.17) is 0 Å². The van der Waals surface area contributed by atoms with Crippen molar-refractivity contribution in [3.05, 3.63) is 44.6 Å². The summed E-state index contributed by atoms with van der Waals surface area (Å²) in [6.07, 6.45) is 0.868. The Balaban J connectivity index is 1.59. The summed E-state index contributed by atoms with van der Waals surface area (Å²) in [6, 6.07) is 4.26. The maximum atomic E-state index is 12.6. The number of benzene rings is 1. The molecule has 0 fully saturated rings. The fourth-order valence-corrected chi connectivity index (χ4v) is 4.06. The lowest BCUT2D eigenvalue weighted by Gasteiger charge is -2.23. The summed E-state index contributed by atoms with van der Waals surface area (Å²) in [5.41, 5.74) is 1.62. The molecule has 1 aliphatic rings. The highest BCUT2D eigenvalue weighted by Crippen LogP contribution is 2.29. The number of aromatic amines is 1. The minimum atomic E-state index is -0.498. The molecule has 0 atom stereocenters. The van der Waals surface area contributed by atoms with Gasteiger partial charge >= 0.3 is 0 Å². The van der Waals surface area contributed by atoms with E-state index in [2.05, 4.69) is 32.3 Å². The van der Waals surface area contributed by atoms with E-state index in [1.54, 1.807) is 6.07 Å². The van der Waals surface area contributed by atoms with Crippen LogP contribution in [0, 0.1) is 10.1 Å². The van der Waals surface area contributed by atoms with Crippen LogP contribution >= 0.6 is 11.3 Å². The third-order valence-electron chi connectivity index (χ3n) is 4.45. The lowest BCUT2D eigenvalue weighted by Crippen LogP contribution is -2.29. The first kappa shape index (κ1) is 16.6. The van der Waals surface area contributed by atoms with Gasteiger partial charge in [0.25, 0.3) is 11.6 Å². The molecule has 10 heteroatoms. The number of nitrogens with zero attached hydrogens (tertiary/aromatic N) is 4. The molecule has 2 N–H and O–H groups in total. The molecular formula is C16H16N6O3S. The Kier molecular flexibility index (Phi) is 4.13. The molecule has 0 unspecified atom stereocenters. The molecule has 1 amide bonds. The highest BCUT2D eigenvalue weighted by molar-refractivity contribution is 7.15. The van der Waals surface area contributed by atoms with Gasteiger partial charge in [0, 0.05) is 41.9 Å². The number of amides is 1. The molecule has 4 rings (SSSR count). The zero-order valence-electron chi connectivity index (χ0n) is 14.0. The predicted molar refractivity (Wildman–Crippen MR) is 97.5 cm³/mol. The van der Waals surface area contributed by atoms with Crippen LogP contribution in [-0.2, 0) is 13.0 Å². The number of H-pyrrole nitrogens is 1. The van der Waals surface area contributed by atoms with Crippen LogP contribution in [0.2, 0.25) is 0 Å². The standard InChI is InChI=1S/C16H16N6O3S/c1-2-21-6-5-12-13(8-21)26-16(17-12)18-15(23)14-10-7-9(22(24)25)3-4-11(10)19-20-14/h3-4,7H,2,5-6,8H2,1H3,(H,19,20)(H,17,18,23). The second kappa shape index (κ2) is 6.46. The number of hydrogen-bond donors (Lipinski definition) is 2. The summed E-state index contributed by atoms with van der Waals surface area (Å²) < 4.78 is 0. The van der Waals surface area contributed by atoms with E-state index in [1.165, 1.54) is 23.5 Å². The normalized spacial score (nSPS) is 14.3. The number of non-ortho nitro benzene ring substituents is 1. The number of anilines is 1. The average molecular weight is 372 g/mol. The second-order valence-corrected chi connectivity index (χ2v) is 7.10. The summed E-state index contributed by atoms with van der Waals surface area (Å²) >= 11 is 1.46. The van der Waals surface area contributed by atoms with Crippen LogP contribution in [0.4, 0.5) is 10.8 Å². The zero-order valence-corrected chi connectivity index (χ0v) is 14.8. The number of thiazole rings is 1. The maximum absolute atomic E-state index is 12.6. The van der Waals surface area contributed by atoms with Crippen molar-refractivity contribution in [1.82, 2.24) is 20.1 Å². The van der Waals surface area contributed by atoms with E-state index in [0.717, 1.165) is 36.6 Å². The Labute approximate surface area is 152 Å². The van der Waals surface area contributed by atoms with Gasteiger partial charge < -0.3 is 0 Å². The highest BCUT2D eigenvalue weighted by atomic mass is 32.1. The predicted octanol–water partition coefficient (Wildman–Crippen LogP) is 2.56. The van der Waals surface area contributed by atoms with E-state index in [0.29, 0.717) is 16.0 Å². The quantitative estimate of drug-likeness (QED) is 0.537. The number of aromatic nitrogens is 3. The molecule has 0 radical (unpaired) electrons. The molecule has 9 nitrogen and oxygen atoms in total. The fraction of sp³-hybridized carbons (Fsp3) is 0.312. The van der Waals surface area contributed by atoms with Crippen LogP contribution in [0.25, 0.3) is 10.9 Å². The van der Waals surface area contributed by atoms with Gasteiger partial charge in [0.05, 0.1) is 16.1 Å². The van der Waals surface area contributed by atoms with E-state index >= 15 is 0 Å². The zero-order chi connectivity index (χ0) is 18.3. The number of carbonyl (C=O) groups excluding carboxylic acids is 1.